The third-order valence-electron chi connectivity index (χ3n) is 3.97. The fraction of sp³-hybridized carbons (Fsp3) is 0.625. The first-order valence-electron chi connectivity index (χ1n) is 7.17. The molecule has 2 unspecified atom stereocenters. The molecule has 106 valence electrons. The van der Waals surface area contributed by atoms with Gasteiger partial charge in [-0.2, -0.15) is 11.8 Å². The third kappa shape index (κ3) is 3.90. The van der Waals surface area contributed by atoms with Crippen LogP contribution in [0.5, 0.6) is 5.75 Å². The molecule has 1 aliphatic carbocycles. The summed E-state index contributed by atoms with van der Waals surface area (Å²) in [5.74, 6) is 2.19. The molecule has 0 bridgehead atoms. The Kier molecular flexibility index (Phi) is 5.59. The molecule has 0 saturated carbocycles. The van der Waals surface area contributed by atoms with Gasteiger partial charge in [-0.15, -0.1) is 0 Å². The standard InChI is InChI=1S/C16H25NOS/c1-4-14(11-19-3)17-15-7-5-12-6-8-16(18-2)10-13(12)9-15/h6,8,10,14-15,17H,4-5,7,9,11H2,1-3H3. The monoisotopic (exact) mass is 279 g/mol. The van der Waals surface area contributed by atoms with Gasteiger partial charge >= 0.3 is 0 Å². The first-order chi connectivity index (χ1) is 9.26. The van der Waals surface area contributed by atoms with Crippen molar-refractivity contribution in [2.45, 2.75) is 44.7 Å². The van der Waals surface area contributed by atoms with Crippen molar-refractivity contribution >= 4 is 11.8 Å². The minimum Gasteiger partial charge on any atom is -0.497 e. The van der Waals surface area contributed by atoms with Crippen LogP contribution in [0.15, 0.2) is 18.2 Å². The molecular weight excluding hydrogens is 254 g/mol. The summed E-state index contributed by atoms with van der Waals surface area (Å²) >= 11 is 1.93. The van der Waals surface area contributed by atoms with Crippen molar-refractivity contribution in [2.75, 3.05) is 19.1 Å². The number of aryl methyl sites for hydroxylation is 1. The summed E-state index contributed by atoms with van der Waals surface area (Å²) in [5.41, 5.74) is 2.96. The molecule has 0 amide bonds. The smallest absolute Gasteiger partial charge is 0.119 e. The third-order valence-corrected chi connectivity index (χ3v) is 4.71. The van der Waals surface area contributed by atoms with Crippen LogP contribution in [0.2, 0.25) is 0 Å². The predicted molar refractivity (Wildman–Crippen MR) is 84.4 cm³/mol. The van der Waals surface area contributed by atoms with E-state index < -0.39 is 0 Å². The van der Waals surface area contributed by atoms with Crippen LogP contribution in [0.4, 0.5) is 0 Å². The lowest BCUT2D eigenvalue weighted by Crippen LogP contribution is -2.42. The molecule has 3 heteroatoms. The average Bonchev–Trinajstić information content (AvgIpc) is 2.46. The van der Waals surface area contributed by atoms with Crippen LogP contribution in [-0.2, 0) is 12.8 Å². The van der Waals surface area contributed by atoms with Gasteiger partial charge in [0.25, 0.3) is 0 Å². The quantitative estimate of drug-likeness (QED) is 0.863. The largest absolute Gasteiger partial charge is 0.497 e. The molecule has 1 aliphatic rings. The molecule has 1 aromatic rings. The van der Waals surface area contributed by atoms with Gasteiger partial charge in [-0.05, 0) is 55.2 Å². The summed E-state index contributed by atoms with van der Waals surface area (Å²) in [4.78, 5) is 0. The molecule has 2 nitrogen and oxygen atoms in total. The van der Waals surface area contributed by atoms with Gasteiger partial charge in [0.1, 0.15) is 5.75 Å². The van der Waals surface area contributed by atoms with Gasteiger partial charge in [0.05, 0.1) is 7.11 Å². The number of ether oxygens (including phenoxy) is 1. The normalized spacial score (nSPS) is 19.8. The maximum Gasteiger partial charge on any atom is 0.119 e. The van der Waals surface area contributed by atoms with Gasteiger partial charge in [0.2, 0.25) is 0 Å². The lowest BCUT2D eigenvalue weighted by atomic mass is 9.87. The lowest BCUT2D eigenvalue weighted by Gasteiger charge is -2.29. The van der Waals surface area contributed by atoms with E-state index in [9.17, 15) is 0 Å². The van der Waals surface area contributed by atoms with E-state index in [1.807, 2.05) is 11.8 Å². The molecule has 0 saturated heterocycles. The Labute approximate surface area is 121 Å². The molecular formula is C16H25NOS. The van der Waals surface area contributed by atoms with Gasteiger partial charge in [0, 0.05) is 17.8 Å². The molecule has 1 N–H and O–H groups in total. The molecule has 0 fully saturated rings. The molecule has 0 spiro atoms. The van der Waals surface area contributed by atoms with Crippen LogP contribution >= 0.6 is 11.8 Å². The van der Waals surface area contributed by atoms with Crippen molar-refractivity contribution in [3.05, 3.63) is 29.3 Å². The number of fused-ring (bicyclic) bond motifs is 1. The second-order valence-electron chi connectivity index (χ2n) is 5.30. The molecule has 0 aromatic heterocycles. The second kappa shape index (κ2) is 7.20. The van der Waals surface area contributed by atoms with E-state index >= 15 is 0 Å². The van der Waals surface area contributed by atoms with Crippen molar-refractivity contribution in [1.29, 1.82) is 0 Å². The summed E-state index contributed by atoms with van der Waals surface area (Å²) in [6, 6.07) is 7.78. The molecule has 0 aliphatic heterocycles. The molecule has 2 rings (SSSR count). The highest BCUT2D eigenvalue weighted by Gasteiger charge is 2.20. The van der Waals surface area contributed by atoms with Crippen molar-refractivity contribution < 1.29 is 4.74 Å². The van der Waals surface area contributed by atoms with Crippen LogP contribution in [0.1, 0.15) is 30.9 Å². The second-order valence-corrected chi connectivity index (χ2v) is 6.21. The number of thioether (sulfide) groups is 1. The van der Waals surface area contributed by atoms with E-state index in [2.05, 4.69) is 36.7 Å². The maximum atomic E-state index is 5.33. The molecule has 2 atom stereocenters. The maximum absolute atomic E-state index is 5.33. The van der Waals surface area contributed by atoms with Crippen LogP contribution < -0.4 is 10.1 Å². The van der Waals surface area contributed by atoms with Crippen molar-refractivity contribution in [3.8, 4) is 5.75 Å². The van der Waals surface area contributed by atoms with Gasteiger partial charge < -0.3 is 10.1 Å². The van der Waals surface area contributed by atoms with Crippen LogP contribution in [0.25, 0.3) is 0 Å². The van der Waals surface area contributed by atoms with Gasteiger partial charge in [0.15, 0.2) is 0 Å². The van der Waals surface area contributed by atoms with Crippen molar-refractivity contribution in [2.24, 2.45) is 0 Å². The van der Waals surface area contributed by atoms with E-state index in [0.29, 0.717) is 12.1 Å². The highest BCUT2D eigenvalue weighted by atomic mass is 32.2. The topological polar surface area (TPSA) is 21.3 Å². The summed E-state index contributed by atoms with van der Waals surface area (Å²) in [6.45, 7) is 2.27. The van der Waals surface area contributed by atoms with Gasteiger partial charge in [-0.25, -0.2) is 0 Å². The van der Waals surface area contributed by atoms with E-state index in [-0.39, 0.29) is 0 Å². The molecule has 0 radical (unpaired) electrons. The van der Waals surface area contributed by atoms with Gasteiger partial charge in [-0.3, -0.25) is 0 Å². The summed E-state index contributed by atoms with van der Waals surface area (Å²) in [7, 11) is 1.74. The number of nitrogens with one attached hydrogen (secondary N) is 1. The zero-order valence-corrected chi connectivity index (χ0v) is 13.1. The minimum atomic E-state index is 0.622. The van der Waals surface area contributed by atoms with Gasteiger partial charge in [-0.1, -0.05) is 13.0 Å². The molecule has 1 aromatic carbocycles. The SMILES string of the molecule is CCC(CSC)NC1CCc2ccc(OC)cc2C1. The minimum absolute atomic E-state index is 0.622. The Balaban J connectivity index is 2.00. The Morgan fingerprint density at radius 1 is 1.42 bits per heavy atom. The number of methoxy groups -OCH3 is 1. The van der Waals surface area contributed by atoms with Crippen molar-refractivity contribution in [3.63, 3.8) is 0 Å². The first kappa shape index (κ1) is 14.7. The van der Waals surface area contributed by atoms with Crippen LogP contribution in [0.3, 0.4) is 0 Å². The Bertz CT molecular complexity index is 408. The van der Waals surface area contributed by atoms with Crippen LogP contribution in [-0.4, -0.2) is 31.2 Å². The number of hydrogen-bond donors (Lipinski definition) is 1. The fourth-order valence-electron chi connectivity index (χ4n) is 2.82. The zero-order chi connectivity index (χ0) is 13.7. The highest BCUT2D eigenvalue weighted by Crippen LogP contribution is 2.26. The van der Waals surface area contributed by atoms with E-state index in [1.54, 1.807) is 7.11 Å². The van der Waals surface area contributed by atoms with E-state index in [1.165, 1.54) is 36.1 Å². The predicted octanol–water partition coefficient (Wildman–Crippen LogP) is 3.28. The average molecular weight is 279 g/mol. The molecule has 0 heterocycles. The van der Waals surface area contributed by atoms with E-state index in [0.717, 1.165) is 12.2 Å². The van der Waals surface area contributed by atoms with Crippen LogP contribution in [0, 0.1) is 0 Å². The Morgan fingerprint density at radius 3 is 2.95 bits per heavy atom. The fourth-order valence-corrected chi connectivity index (χ4v) is 3.56. The summed E-state index contributed by atoms with van der Waals surface area (Å²) < 4.78 is 5.33. The highest BCUT2D eigenvalue weighted by molar-refractivity contribution is 7.98. The Hall–Kier alpha value is -0.670. The summed E-state index contributed by atoms with van der Waals surface area (Å²) in [5, 5.41) is 3.82. The molecule has 19 heavy (non-hydrogen) atoms. The lowest BCUT2D eigenvalue weighted by molar-refractivity contribution is 0.397. The zero-order valence-electron chi connectivity index (χ0n) is 12.2. The number of hydrogen-bond acceptors (Lipinski definition) is 3. The summed E-state index contributed by atoms with van der Waals surface area (Å²) in [6.07, 6.45) is 6.97. The Morgan fingerprint density at radius 2 is 2.26 bits per heavy atom. The first-order valence-corrected chi connectivity index (χ1v) is 8.57. The van der Waals surface area contributed by atoms with E-state index in [4.69, 9.17) is 4.74 Å². The number of benzene rings is 1. The number of rotatable bonds is 6. The van der Waals surface area contributed by atoms with Crippen molar-refractivity contribution in [1.82, 2.24) is 5.32 Å².